The molecule has 0 spiro atoms. The first-order chi connectivity index (χ1) is 13.9. The third-order valence-corrected chi connectivity index (χ3v) is 4.40. The molecule has 1 atom stereocenters. The summed E-state index contributed by atoms with van der Waals surface area (Å²) in [7, 11) is 0. The Balaban J connectivity index is 2.03. The summed E-state index contributed by atoms with van der Waals surface area (Å²) in [5.74, 6) is -1.49. The van der Waals surface area contributed by atoms with Gasteiger partial charge in [-0.3, -0.25) is 24.6 Å². The second-order valence-corrected chi connectivity index (χ2v) is 8.11. The standard InChI is InChI=1S/C21H23N3O6/c1-11-6-16(25)23(18(11)27)14-8-13(22-20(29)30-21(3,4)5)9-15(10-14)24-17(26)7-12(2)19(24)28/h6-10,16,25H,1-5H3,(H,22,29). The SMILES string of the molecule is CC1=CC(=O)N(c2cc(NC(=O)OC(C)(C)C)cc(N3C(=O)C(C)=CC3O)c2)C1=O. The lowest BCUT2D eigenvalue weighted by molar-refractivity contribution is -0.120. The van der Waals surface area contributed by atoms with Crippen molar-refractivity contribution >= 4 is 40.9 Å². The highest BCUT2D eigenvalue weighted by Crippen LogP contribution is 2.34. The van der Waals surface area contributed by atoms with Gasteiger partial charge in [-0.15, -0.1) is 0 Å². The molecule has 2 heterocycles. The quantitative estimate of drug-likeness (QED) is 0.736. The highest BCUT2D eigenvalue weighted by molar-refractivity contribution is 6.30. The number of ether oxygens (including phenoxy) is 1. The van der Waals surface area contributed by atoms with Crippen molar-refractivity contribution in [3.8, 4) is 0 Å². The van der Waals surface area contributed by atoms with Crippen molar-refractivity contribution in [1.29, 1.82) is 0 Å². The van der Waals surface area contributed by atoms with Crippen LogP contribution in [-0.4, -0.2) is 40.8 Å². The largest absolute Gasteiger partial charge is 0.444 e. The highest BCUT2D eigenvalue weighted by atomic mass is 16.6. The lowest BCUT2D eigenvalue weighted by Gasteiger charge is -2.25. The summed E-state index contributed by atoms with van der Waals surface area (Å²) in [6, 6.07) is 4.30. The van der Waals surface area contributed by atoms with E-state index < -0.39 is 35.6 Å². The molecule has 2 aliphatic heterocycles. The number of aliphatic hydroxyl groups is 1. The molecule has 0 aliphatic carbocycles. The fraction of sp³-hybridized carbons (Fsp3) is 0.333. The third kappa shape index (κ3) is 4.11. The zero-order valence-electron chi connectivity index (χ0n) is 17.3. The number of carbonyl (C=O) groups excluding carboxylic acids is 4. The Morgan fingerprint density at radius 1 is 1.03 bits per heavy atom. The van der Waals surface area contributed by atoms with E-state index in [-0.39, 0.29) is 22.6 Å². The number of benzene rings is 1. The molecule has 158 valence electrons. The first-order valence-electron chi connectivity index (χ1n) is 9.29. The van der Waals surface area contributed by atoms with E-state index in [9.17, 15) is 24.3 Å². The first-order valence-corrected chi connectivity index (χ1v) is 9.29. The maximum Gasteiger partial charge on any atom is 0.412 e. The van der Waals surface area contributed by atoms with Gasteiger partial charge in [-0.1, -0.05) is 0 Å². The molecule has 3 rings (SSSR count). The number of aliphatic hydroxyl groups excluding tert-OH is 1. The number of hydrogen-bond acceptors (Lipinski definition) is 6. The van der Waals surface area contributed by atoms with Crippen LogP contribution in [0.5, 0.6) is 0 Å². The molecule has 0 aromatic heterocycles. The van der Waals surface area contributed by atoms with E-state index in [1.165, 1.54) is 37.3 Å². The molecule has 1 aromatic carbocycles. The maximum atomic E-state index is 12.5. The second-order valence-electron chi connectivity index (χ2n) is 8.11. The molecule has 4 amide bonds. The molecule has 0 radical (unpaired) electrons. The van der Waals surface area contributed by atoms with Crippen molar-refractivity contribution in [3.05, 3.63) is 41.5 Å². The second kappa shape index (κ2) is 7.42. The van der Waals surface area contributed by atoms with Gasteiger partial charge in [0.25, 0.3) is 17.7 Å². The summed E-state index contributed by atoms with van der Waals surface area (Å²) in [5.41, 5.74) is 0.406. The van der Waals surface area contributed by atoms with Crippen LogP contribution in [0.25, 0.3) is 0 Å². The summed E-state index contributed by atoms with van der Waals surface area (Å²) >= 11 is 0. The van der Waals surface area contributed by atoms with Gasteiger partial charge < -0.3 is 9.84 Å². The van der Waals surface area contributed by atoms with Crippen LogP contribution in [0.15, 0.2) is 41.5 Å². The molecule has 9 nitrogen and oxygen atoms in total. The molecule has 30 heavy (non-hydrogen) atoms. The molecule has 1 unspecified atom stereocenters. The van der Waals surface area contributed by atoms with Crippen molar-refractivity contribution < 1.29 is 29.0 Å². The number of rotatable bonds is 3. The van der Waals surface area contributed by atoms with Crippen molar-refractivity contribution in [3.63, 3.8) is 0 Å². The summed E-state index contributed by atoms with van der Waals surface area (Å²) in [6.45, 7) is 8.20. The van der Waals surface area contributed by atoms with Gasteiger partial charge in [0, 0.05) is 22.9 Å². The van der Waals surface area contributed by atoms with Gasteiger partial charge in [0.15, 0.2) is 6.23 Å². The summed E-state index contributed by atoms with van der Waals surface area (Å²) in [6.07, 6.45) is 0.624. The molecular formula is C21H23N3O6. The highest BCUT2D eigenvalue weighted by Gasteiger charge is 2.34. The predicted molar refractivity (Wildman–Crippen MR) is 110 cm³/mol. The van der Waals surface area contributed by atoms with Gasteiger partial charge in [-0.25, -0.2) is 9.69 Å². The Morgan fingerprint density at radius 2 is 1.67 bits per heavy atom. The van der Waals surface area contributed by atoms with Crippen LogP contribution in [0.3, 0.4) is 0 Å². The molecule has 2 aliphatic rings. The monoisotopic (exact) mass is 413 g/mol. The van der Waals surface area contributed by atoms with Gasteiger partial charge in [-0.05, 0) is 58.9 Å². The number of anilines is 3. The topological polar surface area (TPSA) is 116 Å². The van der Waals surface area contributed by atoms with Crippen LogP contribution in [0, 0.1) is 0 Å². The summed E-state index contributed by atoms with van der Waals surface area (Å²) in [4.78, 5) is 51.5. The van der Waals surface area contributed by atoms with Crippen LogP contribution in [0.4, 0.5) is 21.9 Å². The number of nitrogens with zero attached hydrogens (tertiary/aromatic N) is 2. The van der Waals surface area contributed by atoms with Crippen molar-refractivity contribution in [2.75, 3.05) is 15.1 Å². The molecular weight excluding hydrogens is 390 g/mol. The summed E-state index contributed by atoms with van der Waals surface area (Å²) < 4.78 is 5.24. The average molecular weight is 413 g/mol. The lowest BCUT2D eigenvalue weighted by Crippen LogP contribution is -2.35. The van der Waals surface area contributed by atoms with E-state index in [0.29, 0.717) is 5.57 Å². The number of hydrogen-bond donors (Lipinski definition) is 2. The van der Waals surface area contributed by atoms with E-state index >= 15 is 0 Å². The molecule has 1 aromatic rings. The van der Waals surface area contributed by atoms with Crippen molar-refractivity contribution in [2.24, 2.45) is 0 Å². The first kappa shape index (κ1) is 21.3. The van der Waals surface area contributed by atoms with Gasteiger partial charge in [0.2, 0.25) is 0 Å². The van der Waals surface area contributed by atoms with Gasteiger partial charge in [0.05, 0.1) is 11.4 Å². The maximum absolute atomic E-state index is 12.5. The van der Waals surface area contributed by atoms with Crippen LogP contribution in [-0.2, 0) is 19.1 Å². The van der Waals surface area contributed by atoms with Crippen LogP contribution >= 0.6 is 0 Å². The zero-order chi connectivity index (χ0) is 22.4. The Morgan fingerprint density at radius 3 is 2.17 bits per heavy atom. The molecule has 0 saturated carbocycles. The Labute approximate surface area is 173 Å². The van der Waals surface area contributed by atoms with E-state index in [1.807, 2.05) is 0 Å². The zero-order valence-corrected chi connectivity index (χ0v) is 17.3. The minimum Gasteiger partial charge on any atom is -0.444 e. The van der Waals surface area contributed by atoms with Crippen LogP contribution in [0.2, 0.25) is 0 Å². The molecule has 0 saturated heterocycles. The Bertz CT molecular complexity index is 1020. The van der Waals surface area contributed by atoms with Gasteiger partial charge >= 0.3 is 6.09 Å². The van der Waals surface area contributed by atoms with Gasteiger partial charge in [-0.2, -0.15) is 0 Å². The lowest BCUT2D eigenvalue weighted by atomic mass is 10.2. The molecule has 0 fully saturated rings. The van der Waals surface area contributed by atoms with E-state index in [0.717, 1.165) is 9.80 Å². The fourth-order valence-electron chi connectivity index (χ4n) is 3.14. The third-order valence-electron chi connectivity index (χ3n) is 4.40. The van der Waals surface area contributed by atoms with E-state index in [1.54, 1.807) is 27.7 Å². The molecule has 0 bridgehead atoms. The number of carbonyl (C=O) groups is 4. The van der Waals surface area contributed by atoms with Crippen LogP contribution in [0.1, 0.15) is 34.6 Å². The minimum absolute atomic E-state index is 0.145. The number of imide groups is 1. The smallest absolute Gasteiger partial charge is 0.412 e. The molecule has 9 heteroatoms. The Kier molecular flexibility index (Phi) is 5.25. The number of nitrogens with one attached hydrogen (secondary N) is 1. The fourth-order valence-corrected chi connectivity index (χ4v) is 3.14. The van der Waals surface area contributed by atoms with Crippen LogP contribution < -0.4 is 15.1 Å². The minimum atomic E-state index is -1.22. The summed E-state index contributed by atoms with van der Waals surface area (Å²) in [5, 5.41) is 12.8. The molecule has 2 N–H and O–H groups in total. The number of amides is 4. The van der Waals surface area contributed by atoms with E-state index in [2.05, 4.69) is 5.32 Å². The van der Waals surface area contributed by atoms with Crippen molar-refractivity contribution in [1.82, 2.24) is 0 Å². The van der Waals surface area contributed by atoms with Gasteiger partial charge in [0.1, 0.15) is 5.60 Å². The van der Waals surface area contributed by atoms with E-state index in [4.69, 9.17) is 4.74 Å². The average Bonchev–Trinajstić information content (AvgIpc) is 2.99. The normalized spacial score (nSPS) is 19.3. The predicted octanol–water partition coefficient (Wildman–Crippen LogP) is 2.46. The van der Waals surface area contributed by atoms with Crippen molar-refractivity contribution in [2.45, 2.75) is 46.4 Å². The Hall–Kier alpha value is -3.46.